The smallest absolute Gasteiger partial charge is 0.00200 e. The van der Waals surface area contributed by atoms with E-state index in [-0.39, 0.29) is 0 Å². The number of rotatable bonds is 2. The predicted octanol–water partition coefficient (Wildman–Crippen LogP) is 4.10. The molecule has 4 fully saturated rings. The van der Waals surface area contributed by atoms with E-state index in [9.17, 15) is 0 Å². The van der Waals surface area contributed by atoms with Crippen LogP contribution in [0.3, 0.4) is 0 Å². The van der Waals surface area contributed by atoms with Crippen molar-refractivity contribution >= 4 is 0 Å². The molecule has 5 rings (SSSR count). The number of benzene rings is 1. The van der Waals surface area contributed by atoms with Crippen LogP contribution in [0, 0.1) is 31.1 Å². The molecule has 4 saturated carbocycles. The zero-order valence-corrected chi connectivity index (χ0v) is 12.9. The van der Waals surface area contributed by atoms with E-state index in [2.05, 4.69) is 32.0 Å². The number of aryl methyl sites for hydroxylation is 2. The second-order valence-corrected chi connectivity index (χ2v) is 8.24. The Morgan fingerprint density at radius 2 is 1.75 bits per heavy atom. The third-order valence-electron chi connectivity index (χ3n) is 6.73. The number of hydrogen-bond donors (Lipinski definition) is 1. The molecule has 0 saturated heterocycles. The molecule has 0 radical (unpaired) electrons. The minimum absolute atomic E-state index is 0.460. The Morgan fingerprint density at radius 1 is 1.05 bits per heavy atom. The van der Waals surface area contributed by atoms with Crippen molar-refractivity contribution in [1.29, 1.82) is 0 Å². The molecule has 2 N–H and O–H groups in total. The van der Waals surface area contributed by atoms with Gasteiger partial charge in [0.1, 0.15) is 0 Å². The Balaban J connectivity index is 1.78. The van der Waals surface area contributed by atoms with Crippen LogP contribution >= 0.6 is 0 Å². The fourth-order valence-corrected chi connectivity index (χ4v) is 6.10. The Kier molecular flexibility index (Phi) is 2.64. The van der Waals surface area contributed by atoms with Gasteiger partial charge in [0.05, 0.1) is 0 Å². The Hall–Kier alpha value is -0.820. The van der Waals surface area contributed by atoms with Gasteiger partial charge in [-0.1, -0.05) is 18.2 Å². The molecule has 0 aromatic heterocycles. The fraction of sp³-hybridized carbons (Fsp3) is 0.684. The third-order valence-corrected chi connectivity index (χ3v) is 6.73. The average molecular weight is 269 g/mol. The van der Waals surface area contributed by atoms with Crippen LogP contribution < -0.4 is 5.73 Å². The van der Waals surface area contributed by atoms with Gasteiger partial charge in [0.25, 0.3) is 0 Å². The summed E-state index contributed by atoms with van der Waals surface area (Å²) in [6.45, 7) is 5.39. The summed E-state index contributed by atoms with van der Waals surface area (Å²) in [6, 6.07) is 7.23. The standard InChI is InChI=1S/C19H27N/c1-13-3-4-17(5-14(13)2)19-9-15-6-16(10-19)8-18(7-15,11-19)12-20/h3-5,15-16H,6-12,20H2,1-2H3/t15-,16-,18?,19?/m0/s1. The minimum Gasteiger partial charge on any atom is -0.330 e. The maximum atomic E-state index is 6.22. The maximum Gasteiger partial charge on any atom is -0.00200 e. The van der Waals surface area contributed by atoms with Crippen molar-refractivity contribution in [2.24, 2.45) is 23.0 Å². The normalized spacial score (nSPS) is 42.1. The maximum absolute atomic E-state index is 6.22. The van der Waals surface area contributed by atoms with Gasteiger partial charge in [-0.2, -0.15) is 0 Å². The first-order valence-electron chi connectivity index (χ1n) is 8.32. The van der Waals surface area contributed by atoms with Crippen LogP contribution in [0.25, 0.3) is 0 Å². The summed E-state index contributed by atoms with van der Waals surface area (Å²) in [6.07, 6.45) is 8.50. The van der Waals surface area contributed by atoms with Crippen molar-refractivity contribution in [1.82, 2.24) is 0 Å². The summed E-state index contributed by atoms with van der Waals surface area (Å²) < 4.78 is 0. The van der Waals surface area contributed by atoms with Crippen LogP contribution in [0.2, 0.25) is 0 Å². The highest BCUT2D eigenvalue weighted by molar-refractivity contribution is 5.37. The second kappa shape index (κ2) is 4.10. The molecule has 4 aliphatic carbocycles. The Bertz CT molecular complexity index is 531. The minimum atomic E-state index is 0.460. The van der Waals surface area contributed by atoms with Crippen molar-refractivity contribution in [3.63, 3.8) is 0 Å². The molecule has 1 aromatic carbocycles. The van der Waals surface area contributed by atoms with Crippen molar-refractivity contribution in [3.8, 4) is 0 Å². The van der Waals surface area contributed by atoms with Crippen LogP contribution in [0.1, 0.15) is 55.2 Å². The number of hydrogen-bond acceptors (Lipinski definition) is 1. The SMILES string of the molecule is Cc1ccc(C23C[C@H]4C[C@@H](CC(CN)(C4)C2)C3)cc1C. The topological polar surface area (TPSA) is 26.0 Å². The molecule has 4 bridgehead atoms. The third kappa shape index (κ3) is 1.72. The molecule has 1 aromatic rings. The van der Waals surface area contributed by atoms with Crippen molar-refractivity contribution in [2.45, 2.75) is 57.8 Å². The molecular formula is C19H27N. The first-order chi connectivity index (χ1) is 9.54. The van der Waals surface area contributed by atoms with Crippen molar-refractivity contribution in [3.05, 3.63) is 34.9 Å². The van der Waals surface area contributed by atoms with Gasteiger partial charge < -0.3 is 5.73 Å². The molecule has 20 heavy (non-hydrogen) atoms. The van der Waals surface area contributed by atoms with E-state index < -0.39 is 0 Å². The van der Waals surface area contributed by atoms with Crippen LogP contribution in [0.5, 0.6) is 0 Å². The lowest BCUT2D eigenvalue weighted by Crippen LogP contribution is -2.56. The molecule has 1 nitrogen and oxygen atoms in total. The van der Waals surface area contributed by atoms with Gasteiger partial charge in [0.15, 0.2) is 0 Å². The zero-order chi connectivity index (χ0) is 14.0. The summed E-state index contributed by atoms with van der Waals surface area (Å²) in [5.74, 6) is 1.89. The summed E-state index contributed by atoms with van der Waals surface area (Å²) in [4.78, 5) is 0. The lowest BCUT2D eigenvalue weighted by atomic mass is 9.43. The van der Waals surface area contributed by atoms with Gasteiger partial charge in [-0.25, -0.2) is 0 Å². The van der Waals surface area contributed by atoms with Crippen LogP contribution in [0.15, 0.2) is 18.2 Å². The highest BCUT2D eigenvalue weighted by Crippen LogP contribution is 2.65. The molecule has 0 spiro atoms. The lowest BCUT2D eigenvalue weighted by Gasteiger charge is -2.62. The molecule has 4 aliphatic rings. The Labute approximate surface area is 122 Å². The molecule has 1 heteroatoms. The Morgan fingerprint density at radius 3 is 2.35 bits per heavy atom. The number of nitrogens with two attached hydrogens (primary N) is 1. The van der Waals surface area contributed by atoms with Gasteiger partial charge in [-0.15, -0.1) is 0 Å². The molecule has 108 valence electrons. The second-order valence-electron chi connectivity index (χ2n) is 8.24. The van der Waals surface area contributed by atoms with Crippen LogP contribution in [0.4, 0.5) is 0 Å². The van der Waals surface area contributed by atoms with E-state index in [0.717, 1.165) is 18.4 Å². The average Bonchev–Trinajstić information content (AvgIpc) is 2.40. The highest BCUT2D eigenvalue weighted by atomic mass is 14.7. The van der Waals surface area contributed by atoms with E-state index in [0.29, 0.717) is 10.8 Å². The summed E-state index contributed by atoms with van der Waals surface area (Å²) in [5.41, 5.74) is 11.7. The quantitative estimate of drug-likeness (QED) is 0.859. The first kappa shape index (κ1) is 12.9. The lowest BCUT2D eigenvalue weighted by molar-refractivity contribution is -0.0667. The summed E-state index contributed by atoms with van der Waals surface area (Å²) in [5, 5.41) is 0. The predicted molar refractivity (Wildman–Crippen MR) is 83.8 cm³/mol. The van der Waals surface area contributed by atoms with E-state index in [4.69, 9.17) is 5.73 Å². The largest absolute Gasteiger partial charge is 0.330 e. The van der Waals surface area contributed by atoms with E-state index in [1.165, 1.54) is 49.7 Å². The molecule has 2 atom stereocenters. The van der Waals surface area contributed by atoms with Gasteiger partial charge in [-0.05, 0) is 98.3 Å². The van der Waals surface area contributed by atoms with Crippen molar-refractivity contribution in [2.75, 3.05) is 6.54 Å². The molecule has 0 heterocycles. The molecule has 0 aliphatic heterocycles. The van der Waals surface area contributed by atoms with Crippen LogP contribution in [-0.4, -0.2) is 6.54 Å². The van der Waals surface area contributed by atoms with E-state index in [1.54, 1.807) is 5.56 Å². The van der Waals surface area contributed by atoms with Gasteiger partial charge in [0.2, 0.25) is 0 Å². The fourth-order valence-electron chi connectivity index (χ4n) is 6.10. The molecule has 0 unspecified atom stereocenters. The monoisotopic (exact) mass is 269 g/mol. The molecular weight excluding hydrogens is 242 g/mol. The van der Waals surface area contributed by atoms with Gasteiger partial charge in [0, 0.05) is 0 Å². The van der Waals surface area contributed by atoms with Crippen LogP contribution in [-0.2, 0) is 5.41 Å². The zero-order valence-electron chi connectivity index (χ0n) is 12.9. The summed E-state index contributed by atoms with van der Waals surface area (Å²) in [7, 11) is 0. The van der Waals surface area contributed by atoms with Gasteiger partial charge >= 0.3 is 0 Å². The van der Waals surface area contributed by atoms with Crippen molar-refractivity contribution < 1.29 is 0 Å². The van der Waals surface area contributed by atoms with E-state index >= 15 is 0 Å². The van der Waals surface area contributed by atoms with Gasteiger partial charge in [-0.3, -0.25) is 0 Å². The summed E-state index contributed by atoms with van der Waals surface area (Å²) >= 11 is 0. The van der Waals surface area contributed by atoms with E-state index in [1.807, 2.05) is 0 Å². The first-order valence-corrected chi connectivity index (χ1v) is 8.32. The highest BCUT2D eigenvalue weighted by Gasteiger charge is 2.57. The molecule has 0 amide bonds.